The fourth-order valence-corrected chi connectivity index (χ4v) is 2.36. The summed E-state index contributed by atoms with van der Waals surface area (Å²) in [5.41, 5.74) is 5.31. The first-order chi connectivity index (χ1) is 8.71. The molecule has 0 saturated heterocycles. The molecule has 0 fully saturated rings. The van der Waals surface area contributed by atoms with E-state index >= 15 is 0 Å². The van der Waals surface area contributed by atoms with E-state index in [-0.39, 0.29) is 5.91 Å². The molecule has 0 bridgehead atoms. The highest BCUT2D eigenvalue weighted by Crippen LogP contribution is 2.15. The van der Waals surface area contributed by atoms with Gasteiger partial charge in [0.15, 0.2) is 0 Å². The Balaban J connectivity index is 2.54. The van der Waals surface area contributed by atoms with Crippen LogP contribution in [-0.4, -0.2) is 19.0 Å². The summed E-state index contributed by atoms with van der Waals surface area (Å²) in [6, 6.07) is 3.67. The van der Waals surface area contributed by atoms with E-state index in [1.54, 1.807) is 0 Å². The molecule has 0 aromatic carbocycles. The molecule has 3 N–H and O–H groups in total. The molecule has 4 heteroatoms. The zero-order valence-corrected chi connectivity index (χ0v) is 11.8. The summed E-state index contributed by atoms with van der Waals surface area (Å²) in [6.07, 6.45) is 2.18. The molecular formula is C14H20N2OS. The van der Waals surface area contributed by atoms with Gasteiger partial charge in [-0.25, -0.2) is 0 Å². The van der Waals surface area contributed by atoms with Crippen LogP contribution in [-0.2, 0) is 0 Å². The Kier molecular flexibility index (Phi) is 6.48. The van der Waals surface area contributed by atoms with Gasteiger partial charge in [-0.05, 0) is 18.1 Å². The summed E-state index contributed by atoms with van der Waals surface area (Å²) in [5, 5.41) is 2.97. The molecule has 0 aliphatic heterocycles. The quantitative estimate of drug-likeness (QED) is 0.801. The predicted molar refractivity (Wildman–Crippen MR) is 76.7 cm³/mol. The third kappa shape index (κ3) is 4.52. The van der Waals surface area contributed by atoms with Gasteiger partial charge in [0, 0.05) is 6.54 Å². The van der Waals surface area contributed by atoms with Gasteiger partial charge in [-0.15, -0.1) is 11.3 Å². The maximum Gasteiger partial charge on any atom is 0.261 e. The van der Waals surface area contributed by atoms with E-state index in [0.717, 1.165) is 24.3 Å². The van der Waals surface area contributed by atoms with Crippen molar-refractivity contribution in [1.29, 1.82) is 0 Å². The summed E-state index contributed by atoms with van der Waals surface area (Å²) in [7, 11) is 0. The molecule has 98 valence electrons. The average Bonchev–Trinajstić information content (AvgIpc) is 2.86. The van der Waals surface area contributed by atoms with E-state index in [0.29, 0.717) is 17.3 Å². The Morgan fingerprint density at radius 1 is 1.44 bits per heavy atom. The van der Waals surface area contributed by atoms with Crippen LogP contribution in [0.1, 0.15) is 41.2 Å². The first kappa shape index (κ1) is 14.7. The molecule has 0 unspecified atom stereocenters. The Morgan fingerprint density at radius 3 is 2.78 bits per heavy atom. The van der Waals surface area contributed by atoms with Crippen molar-refractivity contribution < 1.29 is 4.79 Å². The van der Waals surface area contributed by atoms with Crippen LogP contribution in [0.2, 0.25) is 0 Å². The van der Waals surface area contributed by atoms with E-state index < -0.39 is 0 Å². The fourth-order valence-electron chi connectivity index (χ4n) is 1.57. The van der Waals surface area contributed by atoms with E-state index in [9.17, 15) is 4.79 Å². The molecule has 0 saturated carbocycles. The molecule has 0 aliphatic carbocycles. The normalized spacial score (nSPS) is 10.0. The number of thiophene rings is 1. The molecular weight excluding hydrogens is 244 g/mol. The van der Waals surface area contributed by atoms with Crippen molar-refractivity contribution in [3.05, 3.63) is 21.9 Å². The van der Waals surface area contributed by atoms with Gasteiger partial charge in [-0.2, -0.15) is 0 Å². The van der Waals surface area contributed by atoms with Crippen molar-refractivity contribution in [2.75, 3.05) is 13.1 Å². The van der Waals surface area contributed by atoms with Crippen LogP contribution in [0.5, 0.6) is 0 Å². The Labute approximate surface area is 113 Å². The van der Waals surface area contributed by atoms with E-state index in [1.807, 2.05) is 12.1 Å². The molecule has 18 heavy (non-hydrogen) atoms. The Morgan fingerprint density at radius 2 is 2.17 bits per heavy atom. The summed E-state index contributed by atoms with van der Waals surface area (Å²) in [6.45, 7) is 5.37. The molecule has 3 nitrogen and oxygen atoms in total. The predicted octanol–water partition coefficient (Wildman–Crippen LogP) is 2.22. The van der Waals surface area contributed by atoms with Crippen LogP contribution in [0.4, 0.5) is 0 Å². The minimum atomic E-state index is -0.00676. The first-order valence-electron chi connectivity index (χ1n) is 6.28. The van der Waals surface area contributed by atoms with Crippen molar-refractivity contribution in [3.63, 3.8) is 0 Å². The summed E-state index contributed by atoms with van der Waals surface area (Å²) >= 11 is 1.41. The highest BCUT2D eigenvalue weighted by Gasteiger charge is 2.10. The lowest BCUT2D eigenvalue weighted by molar-refractivity contribution is 0.0950. The van der Waals surface area contributed by atoms with Crippen molar-refractivity contribution in [2.45, 2.75) is 26.7 Å². The smallest absolute Gasteiger partial charge is 0.261 e. The van der Waals surface area contributed by atoms with Crippen molar-refractivity contribution in [3.8, 4) is 11.8 Å². The fraction of sp³-hybridized carbons (Fsp3) is 0.500. The van der Waals surface area contributed by atoms with E-state index in [4.69, 9.17) is 5.73 Å². The highest BCUT2D eigenvalue weighted by molar-refractivity contribution is 7.14. The lowest BCUT2D eigenvalue weighted by Crippen LogP contribution is -2.28. The molecule has 1 amide bonds. The Hall–Kier alpha value is -1.31. The molecule has 0 radical (unpaired) electrons. The summed E-state index contributed by atoms with van der Waals surface area (Å²) in [5.74, 6) is 6.27. The maximum atomic E-state index is 11.9. The van der Waals surface area contributed by atoms with E-state index in [1.165, 1.54) is 11.3 Å². The van der Waals surface area contributed by atoms with Gasteiger partial charge in [0.1, 0.15) is 0 Å². The Bertz CT molecular complexity index is 438. The summed E-state index contributed by atoms with van der Waals surface area (Å²) in [4.78, 5) is 13.5. The van der Waals surface area contributed by atoms with E-state index in [2.05, 4.69) is 31.0 Å². The zero-order chi connectivity index (χ0) is 13.4. The lowest BCUT2D eigenvalue weighted by Gasteiger charge is -2.12. The number of carbonyl (C=O) groups is 1. The SMILES string of the molecule is CCC(CC)CNC(=O)c1ccc(C#CCN)s1. The number of nitrogens with two attached hydrogens (primary N) is 1. The van der Waals surface area contributed by atoms with Gasteiger partial charge in [-0.3, -0.25) is 4.79 Å². The van der Waals surface area contributed by atoms with Crippen molar-refractivity contribution >= 4 is 17.2 Å². The van der Waals surface area contributed by atoms with Crippen LogP contribution < -0.4 is 11.1 Å². The second kappa shape index (κ2) is 7.91. The minimum Gasteiger partial charge on any atom is -0.351 e. The van der Waals surface area contributed by atoms with Crippen molar-refractivity contribution in [2.24, 2.45) is 11.7 Å². The number of nitrogens with one attached hydrogen (secondary N) is 1. The van der Waals surface area contributed by atoms with Gasteiger partial charge in [0.2, 0.25) is 0 Å². The van der Waals surface area contributed by atoms with Gasteiger partial charge in [0.05, 0.1) is 16.3 Å². The van der Waals surface area contributed by atoms with Crippen molar-refractivity contribution in [1.82, 2.24) is 5.32 Å². The largest absolute Gasteiger partial charge is 0.351 e. The second-order valence-electron chi connectivity index (χ2n) is 4.06. The highest BCUT2D eigenvalue weighted by atomic mass is 32.1. The van der Waals surface area contributed by atoms with Gasteiger partial charge in [0.25, 0.3) is 5.91 Å². The molecule has 1 heterocycles. The number of hydrogen-bond donors (Lipinski definition) is 2. The standard InChI is InChI=1S/C14H20N2OS/c1-3-11(4-2)10-16-14(17)13-8-7-12(18-13)6-5-9-15/h7-8,11H,3-4,9-10,15H2,1-2H3,(H,16,17). The topological polar surface area (TPSA) is 55.1 Å². The molecule has 0 atom stereocenters. The summed E-state index contributed by atoms with van der Waals surface area (Å²) < 4.78 is 0. The zero-order valence-electron chi connectivity index (χ0n) is 11.0. The number of rotatable bonds is 5. The number of amides is 1. The monoisotopic (exact) mass is 264 g/mol. The molecule has 0 spiro atoms. The first-order valence-corrected chi connectivity index (χ1v) is 7.09. The molecule has 0 aliphatic rings. The van der Waals surface area contributed by atoms with Gasteiger partial charge >= 0.3 is 0 Å². The van der Waals surface area contributed by atoms with Crippen LogP contribution in [0.25, 0.3) is 0 Å². The molecule has 1 aromatic heterocycles. The van der Waals surface area contributed by atoms with Crippen LogP contribution in [0, 0.1) is 17.8 Å². The third-order valence-electron chi connectivity index (χ3n) is 2.85. The van der Waals surface area contributed by atoms with Gasteiger partial charge in [-0.1, -0.05) is 38.5 Å². The molecule has 1 aromatic rings. The van der Waals surface area contributed by atoms with Crippen LogP contribution in [0.3, 0.4) is 0 Å². The second-order valence-corrected chi connectivity index (χ2v) is 5.15. The van der Waals surface area contributed by atoms with Crippen LogP contribution >= 0.6 is 11.3 Å². The number of carbonyl (C=O) groups excluding carboxylic acids is 1. The van der Waals surface area contributed by atoms with Crippen LogP contribution in [0.15, 0.2) is 12.1 Å². The minimum absolute atomic E-state index is 0.00676. The van der Waals surface area contributed by atoms with Gasteiger partial charge < -0.3 is 11.1 Å². The number of hydrogen-bond acceptors (Lipinski definition) is 3. The molecule has 1 rings (SSSR count). The third-order valence-corrected chi connectivity index (χ3v) is 3.85. The average molecular weight is 264 g/mol. The lowest BCUT2D eigenvalue weighted by atomic mass is 10.0. The maximum absolute atomic E-state index is 11.9.